The molecule has 0 saturated heterocycles. The van der Waals surface area contributed by atoms with Gasteiger partial charge in [-0.2, -0.15) is 0 Å². The molecule has 2 amide bonds. The van der Waals surface area contributed by atoms with Crippen molar-refractivity contribution in [3.8, 4) is 11.5 Å². The van der Waals surface area contributed by atoms with Gasteiger partial charge in [-0.05, 0) is 41.7 Å². The standard InChI is InChI=1S/C28H32N2O4/c1-29(15-13-22-9-5-3-6-10-22)27(32)19-24-17-25(31)20-26(18-24)34-21-28(33)30(2)16-14-23-11-7-4-8-12-23/h3-12,17-18,20,31H,13-16,19,21H2,1-2H3. The molecular formula is C28H32N2O4. The lowest BCUT2D eigenvalue weighted by Crippen LogP contribution is -2.33. The first-order chi connectivity index (χ1) is 16.4. The van der Waals surface area contributed by atoms with Gasteiger partial charge in [0.05, 0.1) is 6.42 Å². The Hall–Kier alpha value is -3.80. The Morgan fingerprint density at radius 3 is 1.82 bits per heavy atom. The number of carbonyl (C=O) groups is 2. The van der Waals surface area contributed by atoms with Crippen LogP contribution in [-0.2, 0) is 28.9 Å². The molecule has 0 aromatic heterocycles. The van der Waals surface area contributed by atoms with E-state index < -0.39 is 0 Å². The van der Waals surface area contributed by atoms with Crippen molar-refractivity contribution in [2.24, 2.45) is 0 Å². The predicted molar refractivity (Wildman–Crippen MR) is 133 cm³/mol. The number of hydrogen-bond acceptors (Lipinski definition) is 4. The number of phenols is 1. The lowest BCUT2D eigenvalue weighted by molar-refractivity contribution is -0.132. The summed E-state index contributed by atoms with van der Waals surface area (Å²) in [5, 5.41) is 10.1. The number of ether oxygens (including phenoxy) is 1. The molecule has 1 N–H and O–H groups in total. The minimum absolute atomic E-state index is 0.00267. The normalized spacial score (nSPS) is 10.5. The fraction of sp³-hybridized carbons (Fsp3) is 0.286. The first kappa shape index (κ1) is 24.8. The molecule has 0 radical (unpaired) electrons. The van der Waals surface area contributed by atoms with Crippen LogP contribution in [-0.4, -0.2) is 60.5 Å². The van der Waals surface area contributed by atoms with Gasteiger partial charge in [-0.25, -0.2) is 0 Å². The zero-order valence-corrected chi connectivity index (χ0v) is 19.8. The van der Waals surface area contributed by atoms with Gasteiger partial charge < -0.3 is 19.6 Å². The third-order valence-corrected chi connectivity index (χ3v) is 5.68. The van der Waals surface area contributed by atoms with Crippen molar-refractivity contribution in [3.63, 3.8) is 0 Å². The smallest absolute Gasteiger partial charge is 0.260 e. The predicted octanol–water partition coefficient (Wildman–Crippen LogP) is 3.72. The molecule has 3 rings (SSSR count). The van der Waals surface area contributed by atoms with Crippen LogP contribution in [0.2, 0.25) is 0 Å². The molecule has 0 bridgehead atoms. The Bertz CT molecular complexity index is 1070. The summed E-state index contributed by atoms with van der Waals surface area (Å²) in [4.78, 5) is 28.4. The quantitative estimate of drug-likeness (QED) is 0.474. The van der Waals surface area contributed by atoms with Gasteiger partial charge in [0.1, 0.15) is 11.5 Å². The molecule has 6 nitrogen and oxygen atoms in total. The van der Waals surface area contributed by atoms with Crippen LogP contribution in [0.5, 0.6) is 11.5 Å². The molecule has 0 spiro atoms. The van der Waals surface area contributed by atoms with E-state index >= 15 is 0 Å². The van der Waals surface area contributed by atoms with Crippen molar-refractivity contribution in [2.45, 2.75) is 19.3 Å². The largest absolute Gasteiger partial charge is 0.508 e. The molecule has 0 aliphatic heterocycles. The van der Waals surface area contributed by atoms with Crippen LogP contribution >= 0.6 is 0 Å². The molecular weight excluding hydrogens is 428 g/mol. The van der Waals surface area contributed by atoms with Crippen molar-refractivity contribution in [3.05, 3.63) is 95.6 Å². The van der Waals surface area contributed by atoms with Gasteiger partial charge in [0, 0.05) is 33.3 Å². The van der Waals surface area contributed by atoms with Gasteiger partial charge in [0.2, 0.25) is 5.91 Å². The summed E-state index contributed by atoms with van der Waals surface area (Å²) in [7, 11) is 3.52. The highest BCUT2D eigenvalue weighted by molar-refractivity contribution is 5.79. The summed E-state index contributed by atoms with van der Waals surface area (Å²) < 4.78 is 5.63. The fourth-order valence-electron chi connectivity index (χ4n) is 3.53. The monoisotopic (exact) mass is 460 g/mol. The van der Waals surface area contributed by atoms with E-state index in [0.29, 0.717) is 24.4 Å². The van der Waals surface area contributed by atoms with Crippen LogP contribution in [0.4, 0.5) is 0 Å². The topological polar surface area (TPSA) is 70.1 Å². The van der Waals surface area contributed by atoms with Crippen LogP contribution in [0, 0.1) is 0 Å². The SMILES string of the molecule is CN(CCc1ccccc1)C(=O)COc1cc(O)cc(CC(=O)N(C)CCc2ccccc2)c1. The van der Waals surface area contributed by atoms with E-state index in [4.69, 9.17) is 4.74 Å². The Morgan fingerprint density at radius 2 is 1.26 bits per heavy atom. The number of phenolic OH excluding ortho intramolecular Hbond substituents is 1. The molecule has 0 heterocycles. The highest BCUT2D eigenvalue weighted by Crippen LogP contribution is 2.22. The molecule has 0 atom stereocenters. The second kappa shape index (κ2) is 12.4. The second-order valence-electron chi connectivity index (χ2n) is 8.40. The number of rotatable bonds is 11. The van der Waals surface area contributed by atoms with Crippen molar-refractivity contribution in [1.82, 2.24) is 9.80 Å². The van der Waals surface area contributed by atoms with Crippen molar-refractivity contribution >= 4 is 11.8 Å². The minimum Gasteiger partial charge on any atom is -0.508 e. The van der Waals surface area contributed by atoms with Crippen LogP contribution in [0.15, 0.2) is 78.9 Å². The Kier molecular flexibility index (Phi) is 9.09. The molecule has 0 aliphatic carbocycles. The summed E-state index contributed by atoms with van der Waals surface area (Å²) in [5.74, 6) is 0.151. The zero-order valence-electron chi connectivity index (χ0n) is 19.8. The summed E-state index contributed by atoms with van der Waals surface area (Å²) in [6.45, 7) is 1.05. The van der Waals surface area contributed by atoms with Crippen LogP contribution in [0.25, 0.3) is 0 Å². The highest BCUT2D eigenvalue weighted by atomic mass is 16.5. The third-order valence-electron chi connectivity index (χ3n) is 5.68. The molecule has 0 saturated carbocycles. The van der Waals surface area contributed by atoms with Crippen LogP contribution < -0.4 is 4.74 Å². The Balaban J connectivity index is 1.48. The van der Waals surface area contributed by atoms with Crippen molar-refractivity contribution in [2.75, 3.05) is 33.8 Å². The van der Waals surface area contributed by atoms with E-state index in [1.165, 1.54) is 17.2 Å². The average molecular weight is 461 g/mol. The second-order valence-corrected chi connectivity index (χ2v) is 8.40. The third kappa shape index (κ3) is 7.96. The number of likely N-dealkylation sites (N-methyl/N-ethyl adjacent to an activating group) is 2. The van der Waals surface area contributed by atoms with Gasteiger partial charge in [-0.1, -0.05) is 60.7 Å². The van der Waals surface area contributed by atoms with Crippen LogP contribution in [0.1, 0.15) is 16.7 Å². The lowest BCUT2D eigenvalue weighted by Gasteiger charge is -2.19. The first-order valence-corrected chi connectivity index (χ1v) is 11.4. The molecule has 3 aromatic carbocycles. The maximum Gasteiger partial charge on any atom is 0.260 e. The minimum atomic E-state index is -0.155. The summed E-state index contributed by atoms with van der Waals surface area (Å²) >= 11 is 0. The average Bonchev–Trinajstić information content (AvgIpc) is 2.85. The molecule has 0 fully saturated rings. The number of benzene rings is 3. The van der Waals surface area contributed by atoms with Gasteiger partial charge in [-0.3, -0.25) is 9.59 Å². The van der Waals surface area contributed by atoms with E-state index in [9.17, 15) is 14.7 Å². The Labute approximate surface area is 201 Å². The maximum atomic E-state index is 12.6. The number of carbonyl (C=O) groups excluding carboxylic acids is 2. The molecule has 3 aromatic rings. The first-order valence-electron chi connectivity index (χ1n) is 11.4. The number of amides is 2. The molecule has 178 valence electrons. The summed E-state index contributed by atoms with van der Waals surface area (Å²) in [6.07, 6.45) is 1.68. The van der Waals surface area contributed by atoms with E-state index in [0.717, 1.165) is 12.8 Å². The van der Waals surface area contributed by atoms with E-state index in [-0.39, 0.29) is 30.6 Å². The van der Waals surface area contributed by atoms with Gasteiger partial charge >= 0.3 is 0 Å². The Morgan fingerprint density at radius 1 is 0.735 bits per heavy atom. The summed E-state index contributed by atoms with van der Waals surface area (Å²) in [6, 6.07) is 24.7. The zero-order chi connectivity index (χ0) is 24.3. The lowest BCUT2D eigenvalue weighted by atomic mass is 10.1. The van der Waals surface area contributed by atoms with E-state index in [2.05, 4.69) is 0 Å². The molecule has 6 heteroatoms. The van der Waals surface area contributed by atoms with Crippen molar-refractivity contribution < 1.29 is 19.4 Å². The van der Waals surface area contributed by atoms with Crippen LogP contribution in [0.3, 0.4) is 0 Å². The maximum absolute atomic E-state index is 12.6. The van der Waals surface area contributed by atoms with Gasteiger partial charge in [-0.15, -0.1) is 0 Å². The van der Waals surface area contributed by atoms with Crippen molar-refractivity contribution in [1.29, 1.82) is 0 Å². The van der Waals surface area contributed by atoms with Gasteiger partial charge in [0.15, 0.2) is 6.61 Å². The number of hydrogen-bond donors (Lipinski definition) is 1. The van der Waals surface area contributed by atoms with E-state index in [1.54, 1.807) is 36.0 Å². The number of aromatic hydroxyl groups is 1. The van der Waals surface area contributed by atoms with E-state index in [1.807, 2.05) is 60.7 Å². The van der Waals surface area contributed by atoms with Gasteiger partial charge in [0.25, 0.3) is 5.91 Å². The molecule has 0 aliphatic rings. The highest BCUT2D eigenvalue weighted by Gasteiger charge is 2.14. The molecule has 34 heavy (non-hydrogen) atoms. The molecule has 0 unspecified atom stereocenters. The number of nitrogens with zero attached hydrogens (tertiary/aromatic N) is 2. The fourth-order valence-corrected chi connectivity index (χ4v) is 3.53. The summed E-state index contributed by atoms with van der Waals surface area (Å²) in [5.41, 5.74) is 2.98.